The molecular weight excluding hydrogens is 621 g/mol. The quantitative estimate of drug-likeness (QED) is 0.213. The molecule has 3 aromatic carbocycles. The number of hydrogen-bond donors (Lipinski definition) is 1. The van der Waals surface area contributed by atoms with Crippen molar-refractivity contribution in [3.8, 4) is 5.75 Å². The minimum Gasteiger partial charge on any atom is -0.495 e. The van der Waals surface area contributed by atoms with E-state index in [4.69, 9.17) is 39.5 Å². The molecule has 3 rings (SSSR count). The van der Waals surface area contributed by atoms with Crippen LogP contribution in [0.4, 0.5) is 5.69 Å². The molecule has 0 fully saturated rings. The molecule has 0 spiro atoms. The summed E-state index contributed by atoms with van der Waals surface area (Å²) in [6, 6.07) is 14.7. The van der Waals surface area contributed by atoms with E-state index < -0.39 is 34.4 Å². The number of aryl methyl sites for hydroxylation is 1. The lowest BCUT2D eigenvalue weighted by Crippen LogP contribution is -2.51. The molecule has 1 N–H and O–H groups in total. The average Bonchev–Trinajstić information content (AvgIpc) is 2.95. The van der Waals surface area contributed by atoms with E-state index in [1.807, 2.05) is 13.8 Å². The molecule has 0 aliphatic carbocycles. The third kappa shape index (κ3) is 8.10. The van der Waals surface area contributed by atoms with Gasteiger partial charge in [0.1, 0.15) is 18.3 Å². The molecule has 0 saturated heterocycles. The minimum absolute atomic E-state index is 0.0333. The van der Waals surface area contributed by atoms with Gasteiger partial charge in [-0.25, -0.2) is 8.42 Å². The standard InChI is InChI=1S/C30H34Cl3N3O5S/c1-5-6-16-34-30(38)21(3)35(18-24-25(32)8-7-9-26(24)33)29(37)19-36(27-17-22(31)12-15-28(27)41-4)42(39,40)23-13-10-20(2)11-14-23/h7-15,17,21H,5-6,16,18-19H2,1-4H3,(H,34,38)/t21-/m0/s1. The third-order valence-corrected chi connectivity index (χ3v) is 9.40. The first-order valence-corrected chi connectivity index (χ1v) is 15.9. The number of benzene rings is 3. The van der Waals surface area contributed by atoms with Crippen LogP contribution in [0.3, 0.4) is 0 Å². The van der Waals surface area contributed by atoms with Gasteiger partial charge in [0.05, 0.1) is 17.7 Å². The number of anilines is 1. The van der Waals surface area contributed by atoms with E-state index in [1.54, 1.807) is 43.3 Å². The van der Waals surface area contributed by atoms with E-state index in [-0.39, 0.29) is 27.9 Å². The topological polar surface area (TPSA) is 96.0 Å². The number of methoxy groups -OCH3 is 1. The number of nitrogens with zero attached hydrogens (tertiary/aromatic N) is 2. The Morgan fingerprint density at radius 3 is 2.24 bits per heavy atom. The molecule has 3 aromatic rings. The van der Waals surface area contributed by atoms with Gasteiger partial charge in [0.2, 0.25) is 11.8 Å². The molecule has 0 aliphatic heterocycles. The number of carbonyl (C=O) groups excluding carboxylic acids is 2. The number of amides is 2. The maximum atomic E-state index is 14.1. The molecule has 226 valence electrons. The molecule has 0 radical (unpaired) electrons. The zero-order valence-electron chi connectivity index (χ0n) is 23.9. The van der Waals surface area contributed by atoms with Crippen molar-refractivity contribution >= 4 is 62.3 Å². The van der Waals surface area contributed by atoms with Crippen molar-refractivity contribution in [3.05, 3.63) is 86.9 Å². The van der Waals surface area contributed by atoms with E-state index in [2.05, 4.69) is 5.32 Å². The smallest absolute Gasteiger partial charge is 0.264 e. The van der Waals surface area contributed by atoms with Crippen LogP contribution in [0, 0.1) is 6.92 Å². The molecule has 0 unspecified atom stereocenters. The summed E-state index contributed by atoms with van der Waals surface area (Å²) in [4.78, 5) is 28.5. The van der Waals surface area contributed by atoms with Crippen molar-refractivity contribution in [2.24, 2.45) is 0 Å². The Kier molecular flexibility index (Phi) is 11.9. The molecule has 1 atom stereocenters. The van der Waals surface area contributed by atoms with E-state index in [1.165, 1.54) is 36.3 Å². The lowest BCUT2D eigenvalue weighted by atomic mass is 10.1. The maximum absolute atomic E-state index is 14.1. The van der Waals surface area contributed by atoms with Crippen LogP contribution in [0.5, 0.6) is 5.75 Å². The SMILES string of the molecule is CCCCNC(=O)[C@H](C)N(Cc1c(Cl)cccc1Cl)C(=O)CN(c1cc(Cl)ccc1OC)S(=O)(=O)c1ccc(C)cc1. The number of carbonyl (C=O) groups is 2. The average molecular weight is 655 g/mol. The van der Waals surface area contributed by atoms with Gasteiger partial charge in [-0.05, 0) is 62.7 Å². The second-order valence-corrected chi connectivity index (χ2v) is 12.8. The molecule has 42 heavy (non-hydrogen) atoms. The Balaban J connectivity index is 2.11. The molecule has 0 heterocycles. The molecule has 0 saturated carbocycles. The predicted octanol–water partition coefficient (Wildman–Crippen LogP) is 6.49. The van der Waals surface area contributed by atoms with Crippen molar-refractivity contribution in [1.29, 1.82) is 0 Å². The van der Waals surface area contributed by atoms with Crippen molar-refractivity contribution in [2.45, 2.75) is 51.1 Å². The van der Waals surface area contributed by atoms with Crippen LogP contribution in [0.1, 0.15) is 37.8 Å². The van der Waals surface area contributed by atoms with Gasteiger partial charge < -0.3 is 15.0 Å². The monoisotopic (exact) mass is 653 g/mol. The third-order valence-electron chi connectivity index (χ3n) is 6.68. The molecule has 12 heteroatoms. The van der Waals surface area contributed by atoms with Gasteiger partial charge in [0.25, 0.3) is 10.0 Å². The zero-order chi connectivity index (χ0) is 31.0. The first-order valence-electron chi connectivity index (χ1n) is 13.3. The maximum Gasteiger partial charge on any atom is 0.264 e. The van der Waals surface area contributed by atoms with E-state index in [0.717, 1.165) is 22.7 Å². The number of ether oxygens (including phenoxy) is 1. The highest BCUT2D eigenvalue weighted by Gasteiger charge is 2.34. The van der Waals surface area contributed by atoms with Crippen molar-refractivity contribution in [3.63, 3.8) is 0 Å². The molecule has 0 aliphatic rings. The molecule has 2 amide bonds. The summed E-state index contributed by atoms with van der Waals surface area (Å²) in [5.74, 6) is -0.871. The molecule has 0 bridgehead atoms. The van der Waals surface area contributed by atoms with Crippen LogP contribution in [0.25, 0.3) is 0 Å². The van der Waals surface area contributed by atoms with Crippen molar-refractivity contribution in [1.82, 2.24) is 10.2 Å². The molecular formula is C30H34Cl3N3O5S. The summed E-state index contributed by atoms with van der Waals surface area (Å²) in [7, 11) is -2.92. The van der Waals surface area contributed by atoms with E-state index in [0.29, 0.717) is 22.2 Å². The number of rotatable bonds is 13. The number of unbranched alkanes of at least 4 members (excludes halogenated alkanes) is 1. The second-order valence-electron chi connectivity index (χ2n) is 9.68. The van der Waals surface area contributed by atoms with Gasteiger partial charge >= 0.3 is 0 Å². The Labute approximate surface area is 262 Å². The summed E-state index contributed by atoms with van der Waals surface area (Å²) in [5, 5.41) is 3.69. The minimum atomic E-state index is -4.31. The molecule has 0 aromatic heterocycles. The lowest BCUT2D eigenvalue weighted by molar-refractivity contribution is -0.139. The van der Waals surface area contributed by atoms with Gasteiger partial charge in [0.15, 0.2) is 0 Å². The fourth-order valence-electron chi connectivity index (χ4n) is 4.18. The Bertz CT molecular complexity index is 1500. The highest BCUT2D eigenvalue weighted by Crippen LogP contribution is 2.35. The number of halogens is 3. The fraction of sp³-hybridized carbons (Fsp3) is 0.333. The Hall–Kier alpha value is -2.98. The van der Waals surface area contributed by atoms with Gasteiger partial charge in [0, 0.05) is 33.7 Å². The first kappa shape index (κ1) is 33.5. The van der Waals surface area contributed by atoms with Crippen LogP contribution < -0.4 is 14.4 Å². The summed E-state index contributed by atoms with van der Waals surface area (Å²) < 4.78 is 34.5. The summed E-state index contributed by atoms with van der Waals surface area (Å²) >= 11 is 19.1. The van der Waals surface area contributed by atoms with Crippen molar-refractivity contribution in [2.75, 3.05) is 24.5 Å². The predicted molar refractivity (Wildman–Crippen MR) is 168 cm³/mol. The highest BCUT2D eigenvalue weighted by atomic mass is 35.5. The fourth-order valence-corrected chi connectivity index (χ4v) is 6.28. The van der Waals surface area contributed by atoms with Crippen LogP contribution in [-0.2, 0) is 26.2 Å². The lowest BCUT2D eigenvalue weighted by Gasteiger charge is -2.32. The van der Waals surface area contributed by atoms with Gasteiger partial charge in [-0.2, -0.15) is 0 Å². The second kappa shape index (κ2) is 15.0. The largest absolute Gasteiger partial charge is 0.495 e. The van der Waals surface area contributed by atoms with E-state index in [9.17, 15) is 18.0 Å². The van der Waals surface area contributed by atoms with Crippen LogP contribution in [-0.4, -0.2) is 51.4 Å². The summed E-state index contributed by atoms with van der Waals surface area (Å²) in [5.41, 5.74) is 1.35. The normalized spacial score (nSPS) is 12.0. The highest BCUT2D eigenvalue weighted by molar-refractivity contribution is 7.92. The number of hydrogen-bond acceptors (Lipinski definition) is 5. The number of nitrogens with one attached hydrogen (secondary N) is 1. The van der Waals surface area contributed by atoms with E-state index >= 15 is 0 Å². The Morgan fingerprint density at radius 1 is 1.00 bits per heavy atom. The number of sulfonamides is 1. The van der Waals surface area contributed by atoms with Gasteiger partial charge in [-0.3, -0.25) is 13.9 Å². The van der Waals surface area contributed by atoms with Crippen LogP contribution in [0.2, 0.25) is 15.1 Å². The van der Waals surface area contributed by atoms with Gasteiger partial charge in [-0.1, -0.05) is 71.9 Å². The van der Waals surface area contributed by atoms with Crippen molar-refractivity contribution < 1.29 is 22.7 Å². The zero-order valence-corrected chi connectivity index (χ0v) is 26.9. The summed E-state index contributed by atoms with van der Waals surface area (Å²) in [6.45, 7) is 5.04. The Morgan fingerprint density at radius 2 is 1.64 bits per heavy atom. The summed E-state index contributed by atoms with van der Waals surface area (Å²) in [6.07, 6.45) is 1.64. The van der Waals surface area contributed by atoms with Gasteiger partial charge in [-0.15, -0.1) is 0 Å². The van der Waals surface area contributed by atoms with Crippen LogP contribution in [0.15, 0.2) is 65.6 Å². The van der Waals surface area contributed by atoms with Crippen LogP contribution >= 0.6 is 34.8 Å². The first-order chi connectivity index (χ1) is 19.9. The molecule has 8 nitrogen and oxygen atoms in total.